The van der Waals surface area contributed by atoms with Crippen LogP contribution in [0.15, 0.2) is 23.1 Å². The molecule has 1 heterocycles. The summed E-state index contributed by atoms with van der Waals surface area (Å²) >= 11 is 1.27. The number of hydrogen-bond acceptors (Lipinski definition) is 4. The molecular weight excluding hydrogens is 346 g/mol. The third-order valence-corrected chi connectivity index (χ3v) is 6.69. The predicted octanol–water partition coefficient (Wildman–Crippen LogP) is 1.94. The van der Waals surface area contributed by atoms with Gasteiger partial charge in [-0.15, -0.1) is 11.8 Å². The third kappa shape index (κ3) is 3.84. The number of thioether (sulfide) groups is 1. The van der Waals surface area contributed by atoms with Crippen molar-refractivity contribution in [2.75, 3.05) is 11.6 Å². The maximum absolute atomic E-state index is 13.8. The van der Waals surface area contributed by atoms with E-state index in [2.05, 4.69) is 5.32 Å². The molecule has 9 heteroatoms. The topological polar surface area (TPSA) is 66.5 Å². The number of amides is 1. The minimum Gasteiger partial charge on any atom is -0.352 e. The van der Waals surface area contributed by atoms with E-state index in [-0.39, 0.29) is 11.9 Å². The Morgan fingerprint density at radius 1 is 1.48 bits per heavy atom. The SMILES string of the molecule is CC[C@H](C)NC(=O)[C@@H]1CSCN1S(=O)(=O)c1ccc(F)cc1F. The molecule has 1 saturated heterocycles. The first-order valence-corrected chi connectivity index (χ1v) is 9.71. The number of carbonyl (C=O) groups excluding carboxylic acids is 1. The van der Waals surface area contributed by atoms with Gasteiger partial charge in [0.1, 0.15) is 22.6 Å². The maximum atomic E-state index is 13.8. The van der Waals surface area contributed by atoms with E-state index >= 15 is 0 Å². The number of hydrogen-bond donors (Lipinski definition) is 1. The van der Waals surface area contributed by atoms with Gasteiger partial charge in [-0.25, -0.2) is 17.2 Å². The molecule has 0 aliphatic carbocycles. The van der Waals surface area contributed by atoms with Crippen LogP contribution in [0, 0.1) is 11.6 Å². The van der Waals surface area contributed by atoms with Gasteiger partial charge < -0.3 is 5.32 Å². The summed E-state index contributed by atoms with van der Waals surface area (Å²) in [6.45, 7) is 3.72. The number of benzene rings is 1. The van der Waals surface area contributed by atoms with Crippen molar-refractivity contribution >= 4 is 27.7 Å². The molecule has 1 fully saturated rings. The van der Waals surface area contributed by atoms with E-state index in [4.69, 9.17) is 0 Å². The first kappa shape index (κ1) is 18.2. The van der Waals surface area contributed by atoms with Gasteiger partial charge in [0.2, 0.25) is 15.9 Å². The van der Waals surface area contributed by atoms with Crippen LogP contribution in [0.1, 0.15) is 20.3 Å². The number of sulfonamides is 1. The molecule has 23 heavy (non-hydrogen) atoms. The zero-order valence-electron chi connectivity index (χ0n) is 12.8. The normalized spacial score (nSPS) is 20.4. The highest BCUT2D eigenvalue weighted by Crippen LogP contribution is 2.29. The Balaban J connectivity index is 2.29. The summed E-state index contributed by atoms with van der Waals surface area (Å²) in [5, 5.41) is 2.74. The Bertz CT molecular complexity index is 697. The van der Waals surface area contributed by atoms with E-state index in [1.54, 1.807) is 0 Å². The fourth-order valence-electron chi connectivity index (χ4n) is 2.12. The highest BCUT2D eigenvalue weighted by molar-refractivity contribution is 8.00. The molecule has 1 N–H and O–H groups in total. The molecule has 1 aromatic carbocycles. The molecule has 2 atom stereocenters. The molecule has 0 radical (unpaired) electrons. The van der Waals surface area contributed by atoms with Crippen LogP contribution in [0.5, 0.6) is 0 Å². The lowest BCUT2D eigenvalue weighted by atomic mass is 10.2. The van der Waals surface area contributed by atoms with Gasteiger partial charge in [0.15, 0.2) is 0 Å². The van der Waals surface area contributed by atoms with Crippen molar-refractivity contribution in [3.63, 3.8) is 0 Å². The zero-order valence-corrected chi connectivity index (χ0v) is 14.4. The number of rotatable bonds is 5. The zero-order chi connectivity index (χ0) is 17.2. The van der Waals surface area contributed by atoms with Crippen molar-refractivity contribution in [3.8, 4) is 0 Å². The summed E-state index contributed by atoms with van der Waals surface area (Å²) in [6.07, 6.45) is 0.713. The quantitative estimate of drug-likeness (QED) is 0.867. The summed E-state index contributed by atoms with van der Waals surface area (Å²) in [4.78, 5) is 11.6. The Kier molecular flexibility index (Phi) is 5.64. The minimum atomic E-state index is -4.21. The van der Waals surface area contributed by atoms with E-state index < -0.39 is 38.5 Å². The van der Waals surface area contributed by atoms with Crippen LogP contribution in [-0.2, 0) is 14.8 Å². The highest BCUT2D eigenvalue weighted by Gasteiger charge is 2.41. The minimum absolute atomic E-state index is 0.0533. The molecule has 0 spiro atoms. The summed E-state index contributed by atoms with van der Waals surface area (Å²) in [7, 11) is -4.21. The number of carbonyl (C=O) groups is 1. The molecule has 0 unspecified atom stereocenters. The van der Waals surface area contributed by atoms with Gasteiger partial charge in [-0.1, -0.05) is 6.92 Å². The van der Waals surface area contributed by atoms with Crippen LogP contribution in [0.25, 0.3) is 0 Å². The van der Waals surface area contributed by atoms with Crippen LogP contribution in [0.4, 0.5) is 8.78 Å². The summed E-state index contributed by atoms with van der Waals surface area (Å²) in [6, 6.07) is 1.30. The molecular formula is C14H18F2N2O3S2. The molecule has 128 valence electrons. The number of nitrogens with one attached hydrogen (secondary N) is 1. The lowest BCUT2D eigenvalue weighted by molar-refractivity contribution is -0.124. The van der Waals surface area contributed by atoms with E-state index in [0.29, 0.717) is 18.2 Å². The Morgan fingerprint density at radius 2 is 2.17 bits per heavy atom. The van der Waals surface area contributed by atoms with Gasteiger partial charge >= 0.3 is 0 Å². The lowest BCUT2D eigenvalue weighted by Crippen LogP contribution is -2.49. The second-order valence-corrected chi connectivity index (χ2v) is 8.16. The summed E-state index contributed by atoms with van der Waals surface area (Å²) in [5.74, 6) is -2.08. The molecule has 1 aliphatic rings. The first-order chi connectivity index (χ1) is 10.8. The predicted molar refractivity (Wildman–Crippen MR) is 84.4 cm³/mol. The monoisotopic (exact) mass is 364 g/mol. The average molecular weight is 364 g/mol. The largest absolute Gasteiger partial charge is 0.352 e. The van der Waals surface area contributed by atoms with Gasteiger partial charge in [-0.2, -0.15) is 4.31 Å². The van der Waals surface area contributed by atoms with Gasteiger partial charge in [0.05, 0.1) is 5.88 Å². The van der Waals surface area contributed by atoms with Crippen LogP contribution in [0.3, 0.4) is 0 Å². The van der Waals surface area contributed by atoms with Gasteiger partial charge in [-0.3, -0.25) is 4.79 Å². The molecule has 0 saturated carbocycles. The van der Waals surface area contributed by atoms with E-state index in [1.807, 2.05) is 13.8 Å². The molecule has 1 amide bonds. The van der Waals surface area contributed by atoms with Gasteiger partial charge in [0.25, 0.3) is 0 Å². The van der Waals surface area contributed by atoms with Crippen LogP contribution in [0.2, 0.25) is 0 Å². The van der Waals surface area contributed by atoms with Crippen molar-refractivity contribution in [2.45, 2.75) is 37.2 Å². The number of nitrogens with zero attached hydrogens (tertiary/aromatic N) is 1. The van der Waals surface area contributed by atoms with Gasteiger partial charge in [-0.05, 0) is 25.5 Å². The van der Waals surface area contributed by atoms with Crippen molar-refractivity contribution in [1.29, 1.82) is 0 Å². The van der Waals surface area contributed by atoms with Crippen molar-refractivity contribution < 1.29 is 22.0 Å². The Morgan fingerprint density at radius 3 is 2.78 bits per heavy atom. The van der Waals surface area contributed by atoms with Crippen molar-refractivity contribution in [2.24, 2.45) is 0 Å². The maximum Gasteiger partial charge on any atom is 0.247 e. The second-order valence-electron chi connectivity index (χ2n) is 5.30. The lowest BCUT2D eigenvalue weighted by Gasteiger charge is -2.24. The van der Waals surface area contributed by atoms with E-state index in [0.717, 1.165) is 16.4 Å². The average Bonchev–Trinajstić information content (AvgIpc) is 2.96. The Labute approximate surface area is 138 Å². The van der Waals surface area contributed by atoms with Crippen molar-refractivity contribution in [1.82, 2.24) is 9.62 Å². The van der Waals surface area contributed by atoms with Crippen LogP contribution < -0.4 is 5.32 Å². The molecule has 1 aliphatic heterocycles. The van der Waals surface area contributed by atoms with Gasteiger partial charge in [0, 0.05) is 17.9 Å². The summed E-state index contributed by atoms with van der Waals surface area (Å²) < 4.78 is 53.0. The van der Waals surface area contributed by atoms with Crippen LogP contribution >= 0.6 is 11.8 Å². The third-order valence-electron chi connectivity index (χ3n) is 3.63. The fourth-order valence-corrected chi connectivity index (χ4v) is 5.32. The van der Waals surface area contributed by atoms with Crippen LogP contribution in [-0.4, -0.2) is 42.3 Å². The molecule has 1 aromatic rings. The first-order valence-electron chi connectivity index (χ1n) is 7.12. The standard InChI is InChI=1S/C14H18F2N2O3S2/c1-3-9(2)17-14(19)12-7-22-8-18(12)23(20,21)13-5-4-10(15)6-11(13)16/h4-6,9,12H,3,7-8H2,1-2H3,(H,17,19)/t9-,12-/m0/s1. The molecule has 0 bridgehead atoms. The molecule has 5 nitrogen and oxygen atoms in total. The fraction of sp³-hybridized carbons (Fsp3) is 0.500. The second kappa shape index (κ2) is 7.14. The number of halogens is 2. The van der Waals surface area contributed by atoms with E-state index in [1.165, 1.54) is 11.8 Å². The highest BCUT2D eigenvalue weighted by atomic mass is 32.2. The smallest absolute Gasteiger partial charge is 0.247 e. The summed E-state index contributed by atoms with van der Waals surface area (Å²) in [5.41, 5.74) is 0. The Hall–Kier alpha value is -1.19. The van der Waals surface area contributed by atoms with E-state index in [9.17, 15) is 22.0 Å². The molecule has 2 rings (SSSR count). The van der Waals surface area contributed by atoms with Crippen molar-refractivity contribution in [3.05, 3.63) is 29.8 Å². The molecule has 0 aromatic heterocycles.